The average molecular weight is 428 g/mol. The lowest BCUT2D eigenvalue weighted by atomic mass is 10.0. The topological polar surface area (TPSA) is 128 Å². The number of aromatic nitrogens is 1. The van der Waals surface area contributed by atoms with Crippen LogP contribution < -0.4 is 17.3 Å². The van der Waals surface area contributed by atoms with Gasteiger partial charge in [0, 0.05) is 29.3 Å². The minimum absolute atomic E-state index is 0.266. The summed E-state index contributed by atoms with van der Waals surface area (Å²) in [5.41, 5.74) is 16.3. The molecule has 2 aromatic carbocycles. The molecule has 1 heterocycles. The van der Waals surface area contributed by atoms with Crippen molar-refractivity contribution in [3.63, 3.8) is 0 Å². The Hall–Kier alpha value is -4.00. The van der Waals surface area contributed by atoms with Gasteiger partial charge in [-0.3, -0.25) is 9.98 Å². The van der Waals surface area contributed by atoms with Crippen molar-refractivity contribution in [2.24, 2.45) is 32.4 Å². The Labute approximate surface area is 188 Å². The van der Waals surface area contributed by atoms with Crippen molar-refractivity contribution in [2.75, 3.05) is 0 Å². The molecule has 0 bridgehead atoms. The summed E-state index contributed by atoms with van der Waals surface area (Å²) >= 11 is 0. The summed E-state index contributed by atoms with van der Waals surface area (Å²) in [4.78, 5) is 13.9. The molecule has 0 saturated heterocycles. The van der Waals surface area contributed by atoms with Gasteiger partial charge >= 0.3 is 0 Å². The largest absolute Gasteiger partial charge is 0.387 e. The van der Waals surface area contributed by atoms with Crippen LogP contribution in [0.3, 0.4) is 0 Å². The second-order valence-corrected chi connectivity index (χ2v) is 7.32. The molecule has 0 fully saturated rings. The Balaban J connectivity index is 1.84. The van der Waals surface area contributed by atoms with E-state index in [1.165, 1.54) is 0 Å². The van der Waals surface area contributed by atoms with E-state index in [-0.39, 0.29) is 5.84 Å². The van der Waals surface area contributed by atoms with Crippen molar-refractivity contribution >= 4 is 17.5 Å². The highest BCUT2D eigenvalue weighted by Gasteiger charge is 2.09. The van der Waals surface area contributed by atoms with Gasteiger partial charge in [0.05, 0.1) is 12.2 Å². The zero-order valence-electron chi connectivity index (χ0n) is 18.3. The van der Waals surface area contributed by atoms with Gasteiger partial charge in [-0.2, -0.15) is 5.10 Å². The van der Waals surface area contributed by atoms with Crippen LogP contribution >= 0.6 is 0 Å². The predicted molar refractivity (Wildman–Crippen MR) is 132 cm³/mol. The third kappa shape index (κ3) is 6.01. The fourth-order valence-corrected chi connectivity index (χ4v) is 3.17. The van der Waals surface area contributed by atoms with Crippen molar-refractivity contribution in [3.8, 4) is 11.3 Å². The Morgan fingerprint density at radius 1 is 0.938 bits per heavy atom. The van der Waals surface area contributed by atoms with Crippen molar-refractivity contribution < 1.29 is 0 Å². The van der Waals surface area contributed by atoms with Gasteiger partial charge in [-0.25, -0.2) is 4.99 Å². The summed E-state index contributed by atoms with van der Waals surface area (Å²) in [5, 5.41) is 3.61. The molecule has 0 amide bonds. The predicted octanol–water partition coefficient (Wildman–Crippen LogP) is 3.82. The van der Waals surface area contributed by atoms with Crippen LogP contribution in [0.2, 0.25) is 0 Å². The van der Waals surface area contributed by atoms with Crippen LogP contribution in [-0.2, 0) is 6.54 Å². The van der Waals surface area contributed by atoms with E-state index in [1.54, 1.807) is 6.20 Å². The van der Waals surface area contributed by atoms with E-state index in [1.807, 2.05) is 66.7 Å². The number of benzene rings is 2. The fourth-order valence-electron chi connectivity index (χ4n) is 3.17. The molecular formula is C25H29N7. The molecule has 32 heavy (non-hydrogen) atoms. The van der Waals surface area contributed by atoms with Gasteiger partial charge in [-0.15, -0.1) is 0 Å². The SMILES string of the molecule is CCCCC(N)=NC(=NCc1ccc(-c2ccccc2/C(N)=N/N)nc1)c1ccccc1. The maximum absolute atomic E-state index is 6.13. The summed E-state index contributed by atoms with van der Waals surface area (Å²) in [7, 11) is 0. The summed E-state index contributed by atoms with van der Waals surface area (Å²) in [6.45, 7) is 2.57. The minimum atomic E-state index is 0.266. The number of aliphatic imine (C=N–C) groups is 2. The lowest BCUT2D eigenvalue weighted by molar-refractivity contribution is 0.831. The average Bonchev–Trinajstić information content (AvgIpc) is 2.85. The molecule has 0 saturated carbocycles. The Kier molecular flexibility index (Phi) is 8.09. The second kappa shape index (κ2) is 11.4. The molecule has 0 unspecified atom stereocenters. The van der Waals surface area contributed by atoms with E-state index in [0.717, 1.165) is 47.2 Å². The van der Waals surface area contributed by atoms with Crippen molar-refractivity contribution in [1.82, 2.24) is 4.98 Å². The molecule has 6 N–H and O–H groups in total. The number of unbranched alkanes of at least 4 members (excludes halogenated alkanes) is 1. The number of amidine groups is 3. The lowest BCUT2D eigenvalue weighted by Crippen LogP contribution is -2.16. The molecule has 3 aromatic rings. The van der Waals surface area contributed by atoms with Crippen molar-refractivity contribution in [1.29, 1.82) is 0 Å². The number of nitrogens with two attached hydrogens (primary N) is 3. The van der Waals surface area contributed by atoms with E-state index in [0.29, 0.717) is 18.2 Å². The summed E-state index contributed by atoms with van der Waals surface area (Å²) < 4.78 is 0. The van der Waals surface area contributed by atoms with Crippen LogP contribution in [0.4, 0.5) is 0 Å². The first-order chi connectivity index (χ1) is 15.6. The third-order valence-electron chi connectivity index (χ3n) is 4.92. The van der Waals surface area contributed by atoms with E-state index < -0.39 is 0 Å². The van der Waals surface area contributed by atoms with Crippen LogP contribution in [0.1, 0.15) is 42.9 Å². The first kappa shape index (κ1) is 22.7. The number of hydrogen-bond donors (Lipinski definition) is 3. The second-order valence-electron chi connectivity index (χ2n) is 7.32. The quantitative estimate of drug-likeness (QED) is 0.218. The van der Waals surface area contributed by atoms with Gasteiger partial charge in [0.15, 0.2) is 11.7 Å². The van der Waals surface area contributed by atoms with Gasteiger partial charge in [0.1, 0.15) is 5.84 Å². The molecule has 0 spiro atoms. The molecule has 0 aliphatic rings. The van der Waals surface area contributed by atoms with Gasteiger partial charge in [-0.05, 0) is 18.1 Å². The highest BCUT2D eigenvalue weighted by atomic mass is 15.2. The Morgan fingerprint density at radius 2 is 1.69 bits per heavy atom. The molecule has 0 atom stereocenters. The first-order valence-corrected chi connectivity index (χ1v) is 10.6. The van der Waals surface area contributed by atoms with Crippen LogP contribution in [0.5, 0.6) is 0 Å². The molecule has 0 aliphatic carbocycles. The maximum Gasteiger partial charge on any atom is 0.156 e. The molecule has 3 rings (SSSR count). The fraction of sp³-hybridized carbons (Fsp3) is 0.200. The van der Waals surface area contributed by atoms with Crippen molar-refractivity contribution in [3.05, 3.63) is 89.6 Å². The number of rotatable bonds is 8. The van der Waals surface area contributed by atoms with E-state index in [2.05, 4.69) is 22.0 Å². The van der Waals surface area contributed by atoms with Crippen molar-refractivity contribution in [2.45, 2.75) is 32.7 Å². The highest BCUT2D eigenvalue weighted by molar-refractivity contribution is 6.06. The lowest BCUT2D eigenvalue weighted by Gasteiger charge is -2.09. The zero-order chi connectivity index (χ0) is 22.8. The highest BCUT2D eigenvalue weighted by Crippen LogP contribution is 2.22. The van der Waals surface area contributed by atoms with E-state index in [9.17, 15) is 0 Å². The maximum atomic E-state index is 6.13. The monoisotopic (exact) mass is 427 g/mol. The molecule has 1 aromatic heterocycles. The molecule has 0 radical (unpaired) electrons. The van der Waals surface area contributed by atoms with E-state index in [4.69, 9.17) is 22.3 Å². The Morgan fingerprint density at radius 3 is 2.38 bits per heavy atom. The summed E-state index contributed by atoms with van der Waals surface area (Å²) in [6, 6.07) is 21.4. The van der Waals surface area contributed by atoms with Crippen LogP contribution in [0.25, 0.3) is 11.3 Å². The molecule has 164 valence electrons. The molecule has 0 aliphatic heterocycles. The van der Waals surface area contributed by atoms with Gasteiger partial charge in [-0.1, -0.05) is 74.0 Å². The molecular weight excluding hydrogens is 398 g/mol. The van der Waals surface area contributed by atoms with Gasteiger partial charge in [0.25, 0.3) is 0 Å². The van der Waals surface area contributed by atoms with Crippen LogP contribution in [0.15, 0.2) is 88.0 Å². The van der Waals surface area contributed by atoms with Crippen LogP contribution in [-0.4, -0.2) is 22.5 Å². The van der Waals surface area contributed by atoms with E-state index >= 15 is 0 Å². The number of pyridine rings is 1. The number of hydrogen-bond acceptors (Lipinski definition) is 4. The Bertz CT molecular complexity index is 1100. The first-order valence-electron chi connectivity index (χ1n) is 10.6. The smallest absolute Gasteiger partial charge is 0.156 e. The van der Waals surface area contributed by atoms with Gasteiger partial charge < -0.3 is 17.3 Å². The minimum Gasteiger partial charge on any atom is -0.387 e. The standard InChI is InChI=1S/C25H29N7/c1-2-3-13-23(26)31-25(19-9-5-4-6-10-19)30-17-18-14-15-22(29-16-18)20-11-7-8-12-21(20)24(27)32-28/h4-12,14-16H,2-3,13,17,28H2,1H3,(H2,27,32)(H2,26,30,31). The number of hydrazone groups is 1. The summed E-state index contributed by atoms with van der Waals surface area (Å²) in [6.07, 6.45) is 4.63. The zero-order valence-corrected chi connectivity index (χ0v) is 18.3. The van der Waals surface area contributed by atoms with Crippen LogP contribution in [0, 0.1) is 0 Å². The third-order valence-corrected chi connectivity index (χ3v) is 4.92. The van der Waals surface area contributed by atoms with Gasteiger partial charge in [0.2, 0.25) is 0 Å². The summed E-state index contributed by atoms with van der Waals surface area (Å²) in [5.74, 6) is 6.85. The molecule has 7 heteroatoms. The number of nitrogens with zero attached hydrogens (tertiary/aromatic N) is 4. The molecule has 7 nitrogen and oxygen atoms in total. The normalized spacial score (nSPS) is 12.7.